The van der Waals surface area contributed by atoms with Crippen LogP contribution in [0.4, 0.5) is 0 Å². The second kappa shape index (κ2) is 37.4. The van der Waals surface area contributed by atoms with Gasteiger partial charge in [-0.25, -0.2) is 0 Å². The first-order chi connectivity index (χ1) is 21.0. The molecule has 0 amide bonds. The van der Waals surface area contributed by atoms with Crippen molar-refractivity contribution < 1.29 is 14.4 Å². The molecular formula is C40H81NO2. The van der Waals surface area contributed by atoms with Crippen LogP contribution in [0.1, 0.15) is 214 Å². The number of carboxylic acids is 1. The summed E-state index contributed by atoms with van der Waals surface area (Å²) >= 11 is 0. The first-order valence-corrected chi connectivity index (χ1v) is 19.6. The van der Waals surface area contributed by atoms with Crippen LogP contribution in [0.15, 0.2) is 12.2 Å². The number of unbranched alkanes of at least 4 members (excludes halogenated alkanes) is 23. The van der Waals surface area contributed by atoms with Crippen LogP contribution in [-0.2, 0) is 4.79 Å². The van der Waals surface area contributed by atoms with Gasteiger partial charge >= 0.3 is 0 Å². The molecule has 0 aliphatic rings. The molecule has 0 unspecified atom stereocenters. The average Bonchev–Trinajstić information content (AvgIpc) is 2.99. The van der Waals surface area contributed by atoms with Crippen LogP contribution in [0.25, 0.3) is 0 Å². The highest BCUT2D eigenvalue weighted by Crippen LogP contribution is 2.15. The van der Waals surface area contributed by atoms with Crippen LogP contribution < -0.4 is 5.11 Å². The molecule has 0 heterocycles. The number of carbonyl (C=O) groups excluding carboxylic acids is 1. The van der Waals surface area contributed by atoms with Gasteiger partial charge in [-0.15, -0.1) is 0 Å². The number of allylic oxidation sites excluding steroid dienone is 2. The zero-order chi connectivity index (χ0) is 32.1. The van der Waals surface area contributed by atoms with Crippen LogP contribution in [-0.4, -0.2) is 37.1 Å². The molecule has 0 saturated carbocycles. The Morgan fingerprint density at radius 3 is 1.09 bits per heavy atom. The lowest BCUT2D eigenvalue weighted by molar-refractivity contribution is -0.910. The lowest BCUT2D eigenvalue weighted by Gasteiger charge is -2.35. The first kappa shape index (κ1) is 44.3. The van der Waals surface area contributed by atoms with Gasteiger partial charge in [0, 0.05) is 5.97 Å². The molecule has 0 spiro atoms. The standard InChI is InChI=1S/C22H48N.C18H34O2/c1-5-8-11-13-15-18-21-23(4,20-17-10-7-3)22-19-16-14-12-9-6-2;1-2-3-4-5-6-7-8-9-10-11-12-13-14-15-16-17-18(19)20/h5-22H2,1-4H3;9-10H,2-8,11-17H2,1H3,(H,19,20)/q+1;/p-1/b;10-9-. The minimum Gasteiger partial charge on any atom is -0.550 e. The fourth-order valence-corrected chi connectivity index (χ4v) is 5.97. The van der Waals surface area contributed by atoms with Gasteiger partial charge in [-0.1, -0.05) is 149 Å². The van der Waals surface area contributed by atoms with Crippen LogP contribution in [0.3, 0.4) is 0 Å². The lowest BCUT2D eigenvalue weighted by Crippen LogP contribution is -2.46. The molecule has 258 valence electrons. The van der Waals surface area contributed by atoms with Gasteiger partial charge in [0.2, 0.25) is 0 Å². The number of hydrogen-bond donors (Lipinski definition) is 0. The third-order valence-corrected chi connectivity index (χ3v) is 9.05. The molecule has 0 bridgehead atoms. The number of carboxylic acid groups (broad SMARTS) is 1. The van der Waals surface area contributed by atoms with Crippen molar-refractivity contribution in [2.24, 2.45) is 0 Å². The molecule has 3 nitrogen and oxygen atoms in total. The van der Waals surface area contributed by atoms with Gasteiger partial charge in [0.15, 0.2) is 0 Å². The van der Waals surface area contributed by atoms with Crippen LogP contribution in [0.2, 0.25) is 0 Å². The SMILES string of the molecule is CCCCCCCC/C=C\CCCCCCCC(=O)[O-].CCCCCCCC[N+](C)(CCCCC)CCCCCCCC. The molecule has 0 aromatic carbocycles. The minimum atomic E-state index is -0.914. The van der Waals surface area contributed by atoms with E-state index in [1.165, 1.54) is 185 Å². The summed E-state index contributed by atoms with van der Waals surface area (Å²) < 4.78 is 1.35. The second-order valence-corrected chi connectivity index (χ2v) is 13.7. The van der Waals surface area contributed by atoms with Gasteiger partial charge in [0.1, 0.15) is 0 Å². The molecular weight excluding hydrogens is 526 g/mol. The van der Waals surface area contributed by atoms with E-state index in [0.29, 0.717) is 0 Å². The Bertz CT molecular complexity index is 543. The quantitative estimate of drug-likeness (QED) is 0.0423. The Labute approximate surface area is 272 Å². The Kier molecular flexibility index (Phi) is 38.5. The fourth-order valence-electron chi connectivity index (χ4n) is 5.97. The number of quaternary nitrogens is 1. The lowest BCUT2D eigenvalue weighted by atomic mass is 10.1. The topological polar surface area (TPSA) is 40.1 Å². The van der Waals surface area contributed by atoms with Crippen molar-refractivity contribution in [1.82, 2.24) is 0 Å². The molecule has 0 aliphatic heterocycles. The zero-order valence-electron chi connectivity index (χ0n) is 30.5. The van der Waals surface area contributed by atoms with Gasteiger partial charge < -0.3 is 14.4 Å². The molecule has 0 fully saturated rings. The summed E-state index contributed by atoms with van der Waals surface area (Å²) in [6, 6.07) is 0. The molecule has 0 radical (unpaired) electrons. The summed E-state index contributed by atoms with van der Waals surface area (Å²) in [6.45, 7) is 13.5. The molecule has 0 N–H and O–H groups in total. The normalized spacial score (nSPS) is 11.7. The van der Waals surface area contributed by atoms with Gasteiger partial charge in [-0.2, -0.15) is 0 Å². The number of nitrogens with zero attached hydrogens (tertiary/aromatic N) is 1. The molecule has 0 saturated heterocycles. The molecule has 0 aliphatic carbocycles. The Morgan fingerprint density at radius 1 is 0.442 bits per heavy atom. The van der Waals surface area contributed by atoms with E-state index in [1.54, 1.807) is 0 Å². The maximum absolute atomic E-state index is 10.2. The van der Waals surface area contributed by atoms with Crippen molar-refractivity contribution in [2.75, 3.05) is 26.7 Å². The Hall–Kier alpha value is -0.830. The zero-order valence-corrected chi connectivity index (χ0v) is 30.5. The predicted molar refractivity (Wildman–Crippen MR) is 192 cm³/mol. The van der Waals surface area contributed by atoms with Gasteiger partial charge in [-0.05, 0) is 77.0 Å². The maximum atomic E-state index is 10.2. The molecule has 0 atom stereocenters. The van der Waals surface area contributed by atoms with Crippen molar-refractivity contribution in [3.8, 4) is 0 Å². The van der Waals surface area contributed by atoms with Gasteiger partial charge in [-0.3, -0.25) is 0 Å². The van der Waals surface area contributed by atoms with E-state index in [9.17, 15) is 9.90 Å². The summed E-state index contributed by atoms with van der Waals surface area (Å²) in [6.07, 6.45) is 42.3. The third-order valence-electron chi connectivity index (χ3n) is 9.05. The number of hydrogen-bond acceptors (Lipinski definition) is 2. The number of carbonyl (C=O) groups is 1. The fraction of sp³-hybridized carbons (Fsp3) is 0.925. The molecule has 43 heavy (non-hydrogen) atoms. The minimum absolute atomic E-state index is 0.220. The third kappa shape index (κ3) is 39.1. The van der Waals surface area contributed by atoms with E-state index in [-0.39, 0.29) is 6.42 Å². The van der Waals surface area contributed by atoms with E-state index in [0.717, 1.165) is 19.3 Å². The van der Waals surface area contributed by atoms with Crippen LogP contribution in [0, 0.1) is 0 Å². The van der Waals surface area contributed by atoms with Crippen LogP contribution in [0.5, 0.6) is 0 Å². The molecule has 3 heteroatoms. The maximum Gasteiger partial charge on any atom is 0.0784 e. The Balaban J connectivity index is 0. The van der Waals surface area contributed by atoms with E-state index < -0.39 is 5.97 Å². The van der Waals surface area contributed by atoms with Gasteiger partial charge in [0.05, 0.1) is 26.7 Å². The van der Waals surface area contributed by atoms with Crippen molar-refractivity contribution in [2.45, 2.75) is 214 Å². The van der Waals surface area contributed by atoms with E-state index in [4.69, 9.17) is 0 Å². The number of aliphatic carboxylic acids is 1. The van der Waals surface area contributed by atoms with Gasteiger partial charge in [0.25, 0.3) is 0 Å². The summed E-state index contributed by atoms with van der Waals surface area (Å²) in [5.74, 6) is -0.914. The van der Waals surface area contributed by atoms with Crippen molar-refractivity contribution in [1.29, 1.82) is 0 Å². The van der Waals surface area contributed by atoms with Crippen molar-refractivity contribution in [3.63, 3.8) is 0 Å². The van der Waals surface area contributed by atoms with Crippen LogP contribution >= 0.6 is 0 Å². The predicted octanol–water partition coefficient (Wildman–Crippen LogP) is 12.1. The van der Waals surface area contributed by atoms with E-state index >= 15 is 0 Å². The summed E-state index contributed by atoms with van der Waals surface area (Å²) in [5, 5.41) is 10.2. The molecule has 0 aromatic heterocycles. The monoisotopic (exact) mass is 608 g/mol. The summed E-state index contributed by atoms with van der Waals surface area (Å²) in [4.78, 5) is 10.2. The smallest absolute Gasteiger partial charge is 0.0784 e. The highest BCUT2D eigenvalue weighted by molar-refractivity contribution is 5.64. The van der Waals surface area contributed by atoms with E-state index in [2.05, 4.69) is 46.9 Å². The van der Waals surface area contributed by atoms with E-state index in [1.807, 2.05) is 0 Å². The highest BCUT2D eigenvalue weighted by Gasteiger charge is 2.19. The second-order valence-electron chi connectivity index (χ2n) is 13.7. The Morgan fingerprint density at radius 2 is 0.721 bits per heavy atom. The number of rotatable bonds is 33. The summed E-state index contributed by atoms with van der Waals surface area (Å²) in [7, 11) is 2.54. The largest absolute Gasteiger partial charge is 0.550 e. The molecule has 0 aromatic rings. The average molecular weight is 608 g/mol. The van der Waals surface area contributed by atoms with Crippen molar-refractivity contribution in [3.05, 3.63) is 12.2 Å². The molecule has 0 rings (SSSR count). The summed E-state index contributed by atoms with van der Waals surface area (Å²) in [5.41, 5.74) is 0. The highest BCUT2D eigenvalue weighted by atomic mass is 16.4. The first-order valence-electron chi connectivity index (χ1n) is 19.6. The van der Waals surface area contributed by atoms with Crippen molar-refractivity contribution >= 4 is 5.97 Å².